The van der Waals surface area contributed by atoms with Crippen LogP contribution in [0.4, 0.5) is 0 Å². The Morgan fingerprint density at radius 2 is 0.800 bits per heavy atom. The Balaban J connectivity index is -0.0000000410. The summed E-state index contributed by atoms with van der Waals surface area (Å²) in [5.41, 5.74) is 0. The molecule has 15 heavy (non-hydrogen) atoms. The van der Waals surface area contributed by atoms with Gasteiger partial charge in [0.15, 0.2) is 0 Å². The van der Waals surface area contributed by atoms with Gasteiger partial charge < -0.3 is 0 Å². The maximum Gasteiger partial charge on any atom is 3.00 e. The third-order valence-electron chi connectivity index (χ3n) is 1.12. The van der Waals surface area contributed by atoms with Crippen molar-refractivity contribution in [1.29, 1.82) is 0 Å². The Hall–Kier alpha value is 0.599. The molecule has 0 unspecified atom stereocenters. The van der Waals surface area contributed by atoms with Crippen molar-refractivity contribution in [3.8, 4) is 0 Å². The van der Waals surface area contributed by atoms with E-state index in [-0.39, 0.29) is 32.9 Å². The molecule has 0 saturated heterocycles. The first-order chi connectivity index (χ1) is 6.63. The molecule has 6 heteroatoms. The standard InChI is InChI=1S/C6H16P2.3CO.Fe/c1-7(2)5-6-8(3)4;3*1-2;/h5-6H2,1-4H3;;;;/q;;;;+3/p+2. The zero-order valence-corrected chi connectivity index (χ0v) is 12.6. The Labute approximate surface area is 106 Å². The Morgan fingerprint density at radius 3 is 0.867 bits per heavy atom. The SMILES string of the molecule is C[PH+](C)CC[PH+](C)C.[C-]#[O+].[C-]#[O+].[C-]#[O+].[Fe+3]. The van der Waals surface area contributed by atoms with Crippen LogP contribution in [0.1, 0.15) is 0 Å². The molecule has 0 amide bonds. The molecular formula is C9H18FeO3P2+5. The van der Waals surface area contributed by atoms with Gasteiger partial charge in [0.05, 0.1) is 12.3 Å². The van der Waals surface area contributed by atoms with Gasteiger partial charge in [-0.25, -0.2) is 0 Å². The summed E-state index contributed by atoms with van der Waals surface area (Å²) in [5.74, 6) is 0. The van der Waals surface area contributed by atoms with E-state index in [2.05, 4.69) is 46.6 Å². The van der Waals surface area contributed by atoms with Crippen LogP contribution in [0.25, 0.3) is 0 Å². The van der Waals surface area contributed by atoms with Crippen LogP contribution in [0, 0.1) is 20.0 Å². The van der Waals surface area contributed by atoms with Gasteiger partial charge in [0, 0.05) is 26.7 Å². The van der Waals surface area contributed by atoms with Gasteiger partial charge in [-0.1, -0.05) is 0 Å². The van der Waals surface area contributed by atoms with Gasteiger partial charge in [-0.05, 0) is 15.8 Å². The maximum absolute atomic E-state index is 7.50. The molecule has 0 fully saturated rings. The fraction of sp³-hybridized carbons (Fsp3) is 0.667. The van der Waals surface area contributed by atoms with E-state index in [1.54, 1.807) is 0 Å². The second-order valence-electron chi connectivity index (χ2n) is 2.91. The van der Waals surface area contributed by atoms with Crippen LogP contribution >= 0.6 is 15.8 Å². The van der Waals surface area contributed by atoms with Gasteiger partial charge in [0.25, 0.3) is 0 Å². The molecule has 3 nitrogen and oxygen atoms in total. The topological polar surface area (TPSA) is 59.7 Å². The van der Waals surface area contributed by atoms with Crippen molar-refractivity contribution in [2.45, 2.75) is 0 Å². The van der Waals surface area contributed by atoms with Crippen LogP contribution < -0.4 is 0 Å². The van der Waals surface area contributed by atoms with E-state index in [1.807, 2.05) is 0 Å². The zero-order chi connectivity index (χ0) is 12.6. The van der Waals surface area contributed by atoms with Crippen LogP contribution in [-0.2, 0) is 31.0 Å². The van der Waals surface area contributed by atoms with Crippen molar-refractivity contribution in [3.05, 3.63) is 20.0 Å². The first-order valence-electron chi connectivity index (χ1n) is 3.82. The molecule has 0 rings (SSSR count). The Morgan fingerprint density at radius 1 is 0.667 bits per heavy atom. The molecule has 85 valence electrons. The average Bonchev–Trinajstić information content (AvgIpc) is 2.24. The molecule has 0 aliphatic carbocycles. The van der Waals surface area contributed by atoms with Crippen molar-refractivity contribution in [2.75, 3.05) is 39.0 Å². The fourth-order valence-electron chi connectivity index (χ4n) is 0.500. The average molecular weight is 292 g/mol. The molecule has 0 heterocycles. The molecule has 0 aromatic heterocycles. The molecular weight excluding hydrogens is 274 g/mol. The third kappa shape index (κ3) is 73.9. The molecule has 0 aliphatic heterocycles. The Kier molecular flexibility index (Phi) is 72.0. The van der Waals surface area contributed by atoms with Crippen molar-refractivity contribution in [2.24, 2.45) is 0 Å². The minimum atomic E-state index is 0. The molecule has 1 radical (unpaired) electrons. The summed E-state index contributed by atoms with van der Waals surface area (Å²) in [7, 11) is 0.191. The van der Waals surface area contributed by atoms with Gasteiger partial charge in [-0.2, -0.15) is 0 Å². The van der Waals surface area contributed by atoms with E-state index in [0.717, 1.165) is 0 Å². The number of rotatable bonds is 3. The molecule has 0 aromatic carbocycles. The van der Waals surface area contributed by atoms with Crippen LogP contribution in [-0.4, -0.2) is 39.0 Å². The second kappa shape index (κ2) is 36.5. The van der Waals surface area contributed by atoms with Crippen molar-refractivity contribution >= 4 is 15.8 Å². The molecule has 0 N–H and O–H groups in total. The quantitative estimate of drug-likeness (QED) is 0.330. The van der Waals surface area contributed by atoms with Crippen LogP contribution in [0.15, 0.2) is 0 Å². The predicted octanol–water partition coefficient (Wildman–Crippen LogP) is 1.82. The van der Waals surface area contributed by atoms with Crippen molar-refractivity contribution in [3.63, 3.8) is 0 Å². The second-order valence-corrected chi connectivity index (χ2v) is 8.74. The van der Waals surface area contributed by atoms with Gasteiger partial charge in [-0.15, -0.1) is 0 Å². The smallest absolute Gasteiger partial charge is 3.00 e. The van der Waals surface area contributed by atoms with E-state index in [4.69, 9.17) is 14.0 Å². The molecule has 0 aliphatic rings. The fourth-order valence-corrected chi connectivity index (χ4v) is 4.50. The summed E-state index contributed by atoms with van der Waals surface area (Å²) in [6.07, 6.45) is 3.07. The zero-order valence-electron chi connectivity index (χ0n) is 9.49. The molecule has 0 atom stereocenters. The van der Waals surface area contributed by atoms with Gasteiger partial charge in [0.2, 0.25) is 0 Å². The first-order valence-corrected chi connectivity index (χ1v) is 9.23. The summed E-state index contributed by atoms with van der Waals surface area (Å²) >= 11 is 0. The van der Waals surface area contributed by atoms with E-state index >= 15 is 0 Å². The number of hydrogen-bond donors (Lipinski definition) is 0. The summed E-state index contributed by atoms with van der Waals surface area (Å²) < 4.78 is 22.5. The molecule has 0 spiro atoms. The van der Waals surface area contributed by atoms with Crippen LogP contribution in [0.5, 0.6) is 0 Å². The molecule has 0 bridgehead atoms. The van der Waals surface area contributed by atoms with Crippen molar-refractivity contribution in [1.82, 2.24) is 0 Å². The maximum atomic E-state index is 7.50. The number of hydrogen-bond acceptors (Lipinski definition) is 0. The summed E-state index contributed by atoms with van der Waals surface area (Å²) in [6, 6.07) is 0. The van der Waals surface area contributed by atoms with Crippen LogP contribution in [0.3, 0.4) is 0 Å². The van der Waals surface area contributed by atoms with Gasteiger partial charge >= 0.3 is 51.0 Å². The first kappa shape index (κ1) is 29.6. The van der Waals surface area contributed by atoms with E-state index in [1.165, 1.54) is 12.3 Å². The van der Waals surface area contributed by atoms with E-state index in [9.17, 15) is 0 Å². The third-order valence-corrected chi connectivity index (χ3v) is 4.12. The largest absolute Gasteiger partial charge is 3.00 e. The predicted molar refractivity (Wildman–Crippen MR) is 61.8 cm³/mol. The van der Waals surface area contributed by atoms with Gasteiger partial charge in [0.1, 0.15) is 0 Å². The monoisotopic (exact) mass is 292 g/mol. The van der Waals surface area contributed by atoms with Gasteiger partial charge in [-0.3, -0.25) is 0 Å². The minimum Gasteiger partial charge on any atom is 3.00 e. The Bertz CT molecular complexity index is 122. The minimum absolute atomic E-state index is 0. The summed E-state index contributed by atoms with van der Waals surface area (Å²) in [4.78, 5) is 0. The summed E-state index contributed by atoms with van der Waals surface area (Å²) in [6.45, 7) is 23.1. The van der Waals surface area contributed by atoms with Crippen LogP contribution in [0.2, 0.25) is 0 Å². The molecule has 0 saturated carbocycles. The van der Waals surface area contributed by atoms with Crippen molar-refractivity contribution < 1.29 is 31.0 Å². The van der Waals surface area contributed by atoms with E-state index < -0.39 is 0 Å². The molecule has 0 aromatic rings. The normalized spacial score (nSPS) is 6.40. The summed E-state index contributed by atoms with van der Waals surface area (Å²) in [5, 5.41) is 0. The van der Waals surface area contributed by atoms with E-state index in [0.29, 0.717) is 0 Å².